The van der Waals surface area contributed by atoms with Crippen LogP contribution in [0.4, 0.5) is 0 Å². The second-order valence-electron chi connectivity index (χ2n) is 3.28. The van der Waals surface area contributed by atoms with Gasteiger partial charge in [0.1, 0.15) is 0 Å². The Bertz CT molecular complexity index is 436. The maximum atomic E-state index is 12.2. The number of ketones is 1. The normalized spacial score (nSPS) is 26.9. The van der Waals surface area contributed by atoms with Gasteiger partial charge in [0, 0.05) is 17.9 Å². The SMILES string of the molecule is O=C1CCP(=O)(c2ccccc2)C1=O. The molecule has 0 aromatic heterocycles. The highest BCUT2D eigenvalue weighted by atomic mass is 31.2. The third-order valence-electron chi connectivity index (χ3n) is 2.39. The zero-order valence-corrected chi connectivity index (χ0v) is 8.37. The summed E-state index contributed by atoms with van der Waals surface area (Å²) in [5, 5.41) is 0.510. The number of benzene rings is 1. The number of carbonyl (C=O) groups is 2. The van der Waals surface area contributed by atoms with Crippen LogP contribution in [0.5, 0.6) is 0 Å². The molecule has 0 N–H and O–H groups in total. The van der Waals surface area contributed by atoms with Crippen molar-refractivity contribution in [1.29, 1.82) is 0 Å². The van der Waals surface area contributed by atoms with Gasteiger partial charge >= 0.3 is 0 Å². The number of hydrogen-bond acceptors (Lipinski definition) is 3. The van der Waals surface area contributed by atoms with E-state index in [9.17, 15) is 14.2 Å². The van der Waals surface area contributed by atoms with Gasteiger partial charge in [0.05, 0.1) is 0 Å². The van der Waals surface area contributed by atoms with Crippen molar-refractivity contribution in [2.24, 2.45) is 0 Å². The molecule has 1 saturated heterocycles. The fourth-order valence-corrected chi connectivity index (χ4v) is 3.97. The summed E-state index contributed by atoms with van der Waals surface area (Å²) >= 11 is 0. The van der Waals surface area contributed by atoms with E-state index in [-0.39, 0.29) is 12.6 Å². The molecule has 0 amide bonds. The van der Waals surface area contributed by atoms with Gasteiger partial charge in [-0.2, -0.15) is 0 Å². The molecular formula is C10H9O3P. The molecule has 0 radical (unpaired) electrons. The van der Waals surface area contributed by atoms with Crippen LogP contribution in [0.3, 0.4) is 0 Å². The molecular weight excluding hydrogens is 199 g/mol. The van der Waals surface area contributed by atoms with E-state index in [0.717, 1.165) is 0 Å². The van der Waals surface area contributed by atoms with Crippen molar-refractivity contribution >= 4 is 23.8 Å². The van der Waals surface area contributed by atoms with Crippen molar-refractivity contribution in [2.45, 2.75) is 6.42 Å². The first kappa shape index (κ1) is 9.35. The molecule has 1 aliphatic heterocycles. The molecule has 1 fully saturated rings. The molecule has 1 unspecified atom stereocenters. The second-order valence-corrected chi connectivity index (χ2v) is 6.13. The van der Waals surface area contributed by atoms with Gasteiger partial charge in [0.15, 0.2) is 7.14 Å². The Labute approximate surface area is 81.5 Å². The summed E-state index contributed by atoms with van der Waals surface area (Å²) in [6.07, 6.45) is 0.333. The zero-order chi connectivity index (χ0) is 10.2. The van der Waals surface area contributed by atoms with Crippen molar-refractivity contribution in [3.05, 3.63) is 30.3 Å². The fourth-order valence-electron chi connectivity index (χ4n) is 1.58. The lowest BCUT2D eigenvalue weighted by molar-refractivity contribution is -0.131. The maximum Gasteiger partial charge on any atom is 0.260 e. The van der Waals surface area contributed by atoms with Crippen LogP contribution in [-0.2, 0) is 14.2 Å². The molecule has 1 atom stereocenters. The van der Waals surface area contributed by atoms with E-state index in [0.29, 0.717) is 5.30 Å². The van der Waals surface area contributed by atoms with E-state index in [1.165, 1.54) is 0 Å². The van der Waals surface area contributed by atoms with Crippen LogP contribution in [0.2, 0.25) is 0 Å². The number of hydrogen-bond donors (Lipinski definition) is 0. The molecule has 0 bridgehead atoms. The smallest absolute Gasteiger partial charge is 0.260 e. The molecule has 1 aromatic carbocycles. The minimum Gasteiger partial charge on any atom is -0.310 e. The number of Topliss-reactive ketones (excluding diaryl/α,β-unsaturated/α-hetero) is 1. The van der Waals surface area contributed by atoms with E-state index in [1.54, 1.807) is 30.3 Å². The Hall–Kier alpha value is -1.21. The van der Waals surface area contributed by atoms with Gasteiger partial charge in [0.25, 0.3) is 5.52 Å². The molecule has 1 aliphatic rings. The molecule has 1 heterocycles. The molecule has 4 heteroatoms. The van der Waals surface area contributed by atoms with Crippen LogP contribution in [0.25, 0.3) is 0 Å². The first-order valence-corrected chi connectivity index (χ1v) is 6.26. The first-order chi connectivity index (χ1) is 6.64. The molecule has 72 valence electrons. The predicted octanol–water partition coefficient (Wildman–Crippen LogP) is 1.17. The highest BCUT2D eigenvalue weighted by Crippen LogP contribution is 2.50. The Balaban J connectivity index is 2.50. The lowest BCUT2D eigenvalue weighted by Crippen LogP contribution is -2.12. The molecule has 2 rings (SSSR count). The lowest BCUT2D eigenvalue weighted by Gasteiger charge is -2.07. The zero-order valence-electron chi connectivity index (χ0n) is 7.47. The van der Waals surface area contributed by atoms with Crippen molar-refractivity contribution in [2.75, 3.05) is 6.16 Å². The molecule has 14 heavy (non-hydrogen) atoms. The lowest BCUT2D eigenvalue weighted by atomic mass is 10.3. The van der Waals surface area contributed by atoms with Gasteiger partial charge < -0.3 is 4.57 Å². The van der Waals surface area contributed by atoms with Crippen LogP contribution in [0, 0.1) is 0 Å². The number of rotatable bonds is 1. The van der Waals surface area contributed by atoms with Crippen molar-refractivity contribution < 1.29 is 14.2 Å². The Morgan fingerprint density at radius 1 is 1.07 bits per heavy atom. The van der Waals surface area contributed by atoms with E-state index in [4.69, 9.17) is 0 Å². The van der Waals surface area contributed by atoms with Crippen LogP contribution in [0.1, 0.15) is 6.42 Å². The average Bonchev–Trinajstić information content (AvgIpc) is 2.49. The van der Waals surface area contributed by atoms with Crippen molar-refractivity contribution in [1.82, 2.24) is 0 Å². The van der Waals surface area contributed by atoms with E-state index in [1.807, 2.05) is 0 Å². The molecule has 0 saturated carbocycles. The highest BCUT2D eigenvalue weighted by Gasteiger charge is 2.43. The Morgan fingerprint density at radius 2 is 1.71 bits per heavy atom. The Morgan fingerprint density at radius 3 is 2.21 bits per heavy atom. The average molecular weight is 208 g/mol. The number of carbonyl (C=O) groups excluding carboxylic acids is 2. The van der Waals surface area contributed by atoms with Gasteiger partial charge in [-0.1, -0.05) is 30.3 Å². The van der Waals surface area contributed by atoms with Gasteiger partial charge in [-0.15, -0.1) is 0 Å². The van der Waals surface area contributed by atoms with Crippen molar-refractivity contribution in [3.63, 3.8) is 0 Å². The van der Waals surface area contributed by atoms with E-state index < -0.39 is 18.4 Å². The Kier molecular flexibility index (Phi) is 2.12. The van der Waals surface area contributed by atoms with Gasteiger partial charge in [-0.25, -0.2) is 0 Å². The quantitative estimate of drug-likeness (QED) is 0.514. The summed E-state index contributed by atoms with van der Waals surface area (Å²) in [5.74, 6) is -0.489. The van der Waals surface area contributed by atoms with E-state index in [2.05, 4.69) is 0 Å². The maximum absolute atomic E-state index is 12.2. The van der Waals surface area contributed by atoms with Crippen LogP contribution in [0.15, 0.2) is 30.3 Å². The summed E-state index contributed by atoms with van der Waals surface area (Å²) in [6, 6.07) is 8.54. The summed E-state index contributed by atoms with van der Waals surface area (Å²) < 4.78 is 12.2. The fraction of sp³-hybridized carbons (Fsp3) is 0.200. The summed E-state index contributed by atoms with van der Waals surface area (Å²) in [4.78, 5) is 22.5. The largest absolute Gasteiger partial charge is 0.310 e. The third-order valence-corrected chi connectivity index (χ3v) is 5.28. The highest BCUT2D eigenvalue weighted by molar-refractivity contribution is 7.90. The van der Waals surface area contributed by atoms with Crippen LogP contribution >= 0.6 is 7.14 Å². The topological polar surface area (TPSA) is 51.2 Å². The minimum absolute atomic E-state index is 0.130. The van der Waals surface area contributed by atoms with E-state index >= 15 is 0 Å². The van der Waals surface area contributed by atoms with Gasteiger partial charge in [0.2, 0.25) is 5.78 Å². The van der Waals surface area contributed by atoms with Crippen LogP contribution < -0.4 is 5.30 Å². The molecule has 0 spiro atoms. The summed E-state index contributed by atoms with van der Waals surface area (Å²) in [5.41, 5.74) is -0.677. The minimum atomic E-state index is -3.06. The summed E-state index contributed by atoms with van der Waals surface area (Å²) in [6.45, 7) is 0. The molecule has 1 aromatic rings. The van der Waals surface area contributed by atoms with Gasteiger partial charge in [-0.05, 0) is 0 Å². The van der Waals surface area contributed by atoms with Crippen LogP contribution in [-0.4, -0.2) is 17.5 Å². The standard InChI is InChI=1S/C10H9O3P/c11-9-6-7-14(13,10(9)12)8-4-2-1-3-5-8/h1-5H,6-7H2. The predicted molar refractivity (Wildman–Crippen MR) is 53.2 cm³/mol. The molecule has 0 aliphatic carbocycles. The molecule has 3 nitrogen and oxygen atoms in total. The summed E-state index contributed by atoms with van der Waals surface area (Å²) in [7, 11) is -3.06. The monoisotopic (exact) mass is 208 g/mol. The third kappa shape index (κ3) is 1.25. The second kappa shape index (κ2) is 3.18. The van der Waals surface area contributed by atoms with Crippen molar-refractivity contribution in [3.8, 4) is 0 Å². The van der Waals surface area contributed by atoms with Gasteiger partial charge in [-0.3, -0.25) is 9.59 Å². The first-order valence-electron chi connectivity index (χ1n) is 4.37.